The summed E-state index contributed by atoms with van der Waals surface area (Å²) in [4.78, 5) is -0.122. The number of rotatable bonds is 3. The number of nitriles is 1. The fraction of sp³-hybridized carbons (Fsp3) is 0. The van der Waals surface area contributed by atoms with Gasteiger partial charge in [0.25, 0.3) is 10.0 Å². The molecule has 2 aromatic carbocycles. The fourth-order valence-corrected chi connectivity index (χ4v) is 3.15. The van der Waals surface area contributed by atoms with Gasteiger partial charge in [0, 0.05) is 0 Å². The van der Waals surface area contributed by atoms with E-state index in [-0.39, 0.29) is 20.6 Å². The number of nitrogens with zero attached hydrogens (tertiary/aromatic N) is 1. The number of halogens is 2. The molecule has 4 nitrogen and oxygen atoms in total. The zero-order chi connectivity index (χ0) is 14.8. The maximum atomic E-state index is 13.1. The van der Waals surface area contributed by atoms with E-state index in [0.717, 1.165) is 6.07 Å². The number of hydrogen-bond acceptors (Lipinski definition) is 3. The van der Waals surface area contributed by atoms with Gasteiger partial charge in [0.2, 0.25) is 0 Å². The summed E-state index contributed by atoms with van der Waals surface area (Å²) in [6.45, 7) is 0. The van der Waals surface area contributed by atoms with Crippen LogP contribution in [0, 0.1) is 17.1 Å². The second kappa shape index (κ2) is 5.61. The van der Waals surface area contributed by atoms with Gasteiger partial charge in [0.05, 0.1) is 15.7 Å². The lowest BCUT2D eigenvalue weighted by Gasteiger charge is -2.09. The van der Waals surface area contributed by atoms with Gasteiger partial charge < -0.3 is 0 Å². The zero-order valence-corrected chi connectivity index (χ0v) is 12.4. The summed E-state index contributed by atoms with van der Waals surface area (Å²) < 4.78 is 40.0. The van der Waals surface area contributed by atoms with Crippen molar-refractivity contribution in [2.75, 3.05) is 4.72 Å². The third-order valence-electron chi connectivity index (χ3n) is 2.47. The monoisotopic (exact) mass is 354 g/mol. The standard InChI is InChI=1S/C13H8BrFN2O2S/c14-11-7-10(5-6-12(11)15)17-20(18,19)13-4-2-1-3-9(13)8-16/h1-7,17H. The summed E-state index contributed by atoms with van der Waals surface area (Å²) in [5.41, 5.74) is 0.243. The van der Waals surface area contributed by atoms with Crippen molar-refractivity contribution >= 4 is 31.6 Å². The Balaban J connectivity index is 2.41. The predicted octanol–water partition coefficient (Wildman–Crippen LogP) is 3.26. The highest BCUT2D eigenvalue weighted by Gasteiger charge is 2.18. The van der Waals surface area contributed by atoms with Crippen LogP contribution in [0.25, 0.3) is 0 Å². The third kappa shape index (κ3) is 2.98. The van der Waals surface area contributed by atoms with Crippen molar-refractivity contribution in [1.82, 2.24) is 0 Å². The van der Waals surface area contributed by atoms with Crippen LogP contribution in [-0.4, -0.2) is 8.42 Å². The molecule has 0 radical (unpaired) electrons. The molecule has 0 aliphatic heterocycles. The van der Waals surface area contributed by atoms with Crippen molar-refractivity contribution in [3.63, 3.8) is 0 Å². The average Bonchev–Trinajstić information content (AvgIpc) is 2.42. The smallest absolute Gasteiger partial charge is 0.263 e. The minimum absolute atomic E-state index is 0.0428. The first kappa shape index (κ1) is 14.5. The zero-order valence-electron chi connectivity index (χ0n) is 9.97. The number of sulfonamides is 1. The van der Waals surface area contributed by atoms with Crippen molar-refractivity contribution < 1.29 is 12.8 Å². The molecule has 0 spiro atoms. The van der Waals surface area contributed by atoms with Gasteiger partial charge in [-0.2, -0.15) is 5.26 Å². The molecule has 20 heavy (non-hydrogen) atoms. The van der Waals surface area contributed by atoms with E-state index in [1.165, 1.54) is 30.3 Å². The third-order valence-corrected chi connectivity index (χ3v) is 4.52. The van der Waals surface area contributed by atoms with Gasteiger partial charge in [-0.15, -0.1) is 0 Å². The molecule has 0 fully saturated rings. The molecule has 0 aliphatic rings. The van der Waals surface area contributed by atoms with Crippen LogP contribution < -0.4 is 4.72 Å². The van der Waals surface area contributed by atoms with E-state index in [1.54, 1.807) is 6.07 Å². The van der Waals surface area contributed by atoms with Crippen LogP contribution in [0.15, 0.2) is 51.8 Å². The van der Waals surface area contributed by atoms with E-state index in [1.807, 2.05) is 6.07 Å². The van der Waals surface area contributed by atoms with Crippen molar-refractivity contribution in [2.45, 2.75) is 4.90 Å². The number of hydrogen-bond donors (Lipinski definition) is 1. The second-order valence-corrected chi connectivity index (χ2v) is 6.35. The van der Waals surface area contributed by atoms with Crippen LogP contribution in [0.2, 0.25) is 0 Å². The van der Waals surface area contributed by atoms with Gasteiger partial charge in [0.1, 0.15) is 16.8 Å². The molecule has 0 atom stereocenters. The molecule has 0 aliphatic carbocycles. The van der Waals surface area contributed by atoms with Crippen molar-refractivity contribution in [1.29, 1.82) is 5.26 Å². The average molecular weight is 355 g/mol. The molecule has 0 unspecified atom stereocenters. The largest absolute Gasteiger partial charge is 0.280 e. The molecule has 102 valence electrons. The maximum absolute atomic E-state index is 13.1. The van der Waals surface area contributed by atoms with Gasteiger partial charge in [-0.05, 0) is 46.3 Å². The molecule has 2 aromatic rings. The highest BCUT2D eigenvalue weighted by molar-refractivity contribution is 9.10. The van der Waals surface area contributed by atoms with Gasteiger partial charge in [-0.1, -0.05) is 12.1 Å². The van der Waals surface area contributed by atoms with E-state index < -0.39 is 15.8 Å². The van der Waals surface area contributed by atoms with Crippen molar-refractivity contribution in [2.24, 2.45) is 0 Å². The van der Waals surface area contributed by atoms with E-state index in [4.69, 9.17) is 5.26 Å². The molecule has 0 aromatic heterocycles. The Bertz CT molecular complexity index is 800. The Kier molecular flexibility index (Phi) is 4.06. The summed E-state index contributed by atoms with van der Waals surface area (Å²) in [5, 5.41) is 8.93. The van der Waals surface area contributed by atoms with E-state index in [9.17, 15) is 12.8 Å². The quantitative estimate of drug-likeness (QED) is 0.919. The van der Waals surface area contributed by atoms with Crippen LogP contribution in [0.4, 0.5) is 10.1 Å². The first-order valence-corrected chi connectivity index (χ1v) is 7.68. The molecule has 0 bridgehead atoms. The van der Waals surface area contributed by atoms with Gasteiger partial charge in [-0.3, -0.25) is 4.72 Å². The molecule has 0 heterocycles. The molecule has 0 saturated carbocycles. The highest BCUT2D eigenvalue weighted by atomic mass is 79.9. The summed E-state index contributed by atoms with van der Waals surface area (Å²) in [6.07, 6.45) is 0. The normalized spacial score (nSPS) is 10.8. The van der Waals surface area contributed by atoms with Gasteiger partial charge in [-0.25, -0.2) is 12.8 Å². The first-order valence-electron chi connectivity index (χ1n) is 5.41. The number of benzene rings is 2. The summed E-state index contributed by atoms with van der Waals surface area (Å²) in [5.74, 6) is -0.495. The Morgan fingerprint density at radius 3 is 2.55 bits per heavy atom. The van der Waals surface area contributed by atoms with E-state index >= 15 is 0 Å². The lowest BCUT2D eigenvalue weighted by atomic mass is 10.2. The maximum Gasteiger partial charge on any atom is 0.263 e. The SMILES string of the molecule is N#Cc1ccccc1S(=O)(=O)Nc1ccc(F)c(Br)c1. The Hall–Kier alpha value is -1.91. The van der Waals surface area contributed by atoms with Gasteiger partial charge in [0.15, 0.2) is 0 Å². The van der Waals surface area contributed by atoms with E-state index in [0.29, 0.717) is 0 Å². The van der Waals surface area contributed by atoms with Crippen LogP contribution in [0.1, 0.15) is 5.56 Å². The topological polar surface area (TPSA) is 70.0 Å². The fourth-order valence-electron chi connectivity index (χ4n) is 1.56. The number of anilines is 1. The molecule has 2 rings (SSSR count). The predicted molar refractivity (Wildman–Crippen MR) is 76.1 cm³/mol. The lowest BCUT2D eigenvalue weighted by Crippen LogP contribution is -2.14. The van der Waals surface area contributed by atoms with Crippen molar-refractivity contribution in [3.8, 4) is 6.07 Å². The van der Waals surface area contributed by atoms with E-state index in [2.05, 4.69) is 20.7 Å². The lowest BCUT2D eigenvalue weighted by molar-refractivity contribution is 0.600. The van der Waals surface area contributed by atoms with Crippen LogP contribution >= 0.6 is 15.9 Å². The summed E-state index contributed by atoms with van der Waals surface area (Å²) >= 11 is 2.98. The Morgan fingerprint density at radius 2 is 1.90 bits per heavy atom. The Morgan fingerprint density at radius 1 is 1.20 bits per heavy atom. The van der Waals surface area contributed by atoms with Crippen LogP contribution in [0.3, 0.4) is 0 Å². The molecular formula is C13H8BrFN2O2S. The van der Waals surface area contributed by atoms with Crippen molar-refractivity contribution in [3.05, 3.63) is 58.3 Å². The minimum atomic E-state index is -3.90. The molecule has 1 N–H and O–H groups in total. The first-order chi connectivity index (χ1) is 9.44. The van der Waals surface area contributed by atoms with Crippen LogP contribution in [-0.2, 0) is 10.0 Å². The van der Waals surface area contributed by atoms with Crippen LogP contribution in [0.5, 0.6) is 0 Å². The molecule has 7 heteroatoms. The Labute approximate surface area is 124 Å². The number of nitrogens with one attached hydrogen (secondary N) is 1. The second-order valence-electron chi connectivity index (χ2n) is 3.84. The summed E-state index contributed by atoms with van der Waals surface area (Å²) in [6, 6.07) is 11.4. The molecule has 0 amide bonds. The molecule has 0 saturated heterocycles. The summed E-state index contributed by atoms with van der Waals surface area (Å²) in [7, 11) is -3.90. The van der Waals surface area contributed by atoms with Gasteiger partial charge >= 0.3 is 0 Å². The minimum Gasteiger partial charge on any atom is -0.280 e. The highest BCUT2D eigenvalue weighted by Crippen LogP contribution is 2.23. The molecular weight excluding hydrogens is 347 g/mol.